The van der Waals surface area contributed by atoms with Gasteiger partial charge in [-0.05, 0) is 55.5 Å². The van der Waals surface area contributed by atoms with Gasteiger partial charge in [-0.15, -0.1) is 0 Å². The fraction of sp³-hybridized carbons (Fsp3) is 0.370. The highest BCUT2D eigenvalue weighted by atomic mass is 19.1. The molecule has 0 atom stereocenters. The maximum Gasteiger partial charge on any atom is 0.343 e. The molecule has 5 heteroatoms. The van der Waals surface area contributed by atoms with Gasteiger partial charge in [-0.2, -0.15) is 0 Å². The number of carbonyl (C=O) groups excluding carboxylic acids is 1. The molecule has 0 spiro atoms. The highest BCUT2D eigenvalue weighted by Gasteiger charge is 2.13. The Bertz CT molecular complexity index is 1000. The van der Waals surface area contributed by atoms with Gasteiger partial charge in [-0.25, -0.2) is 9.18 Å². The van der Waals surface area contributed by atoms with Crippen molar-refractivity contribution < 1.29 is 13.9 Å². The van der Waals surface area contributed by atoms with Gasteiger partial charge in [0.1, 0.15) is 0 Å². The molecule has 3 rings (SSSR count). The van der Waals surface area contributed by atoms with Crippen LogP contribution in [0.5, 0.6) is 5.75 Å². The largest absolute Gasteiger partial charge is 0.420 e. The second-order valence-corrected chi connectivity index (χ2v) is 8.04. The fourth-order valence-corrected chi connectivity index (χ4v) is 3.47. The van der Waals surface area contributed by atoms with E-state index in [-0.39, 0.29) is 5.75 Å². The molecule has 168 valence electrons. The molecule has 0 aliphatic heterocycles. The first-order chi connectivity index (χ1) is 15.6. The summed E-state index contributed by atoms with van der Waals surface area (Å²) >= 11 is 0. The van der Waals surface area contributed by atoms with Crippen LogP contribution in [0.15, 0.2) is 54.9 Å². The number of benzene rings is 2. The van der Waals surface area contributed by atoms with E-state index < -0.39 is 11.8 Å². The van der Waals surface area contributed by atoms with Gasteiger partial charge in [0, 0.05) is 11.8 Å². The molecule has 1 heterocycles. The van der Waals surface area contributed by atoms with Crippen LogP contribution in [-0.2, 0) is 12.8 Å². The number of hydrogen-bond acceptors (Lipinski definition) is 4. The Morgan fingerprint density at radius 3 is 2.31 bits per heavy atom. The minimum absolute atomic E-state index is 0.0510. The average molecular weight is 435 g/mol. The SMILES string of the molecule is CCCCCCc1ccc(OC(=O)c2ccc(-c3cnc(CCCC)cn3)cc2)c(F)c1. The van der Waals surface area contributed by atoms with Crippen LogP contribution in [0.25, 0.3) is 11.3 Å². The first-order valence-electron chi connectivity index (χ1n) is 11.5. The lowest BCUT2D eigenvalue weighted by Crippen LogP contribution is -2.09. The Balaban J connectivity index is 1.60. The number of hydrogen-bond donors (Lipinski definition) is 0. The zero-order chi connectivity index (χ0) is 22.8. The summed E-state index contributed by atoms with van der Waals surface area (Å²) < 4.78 is 19.7. The molecule has 0 fully saturated rings. The minimum Gasteiger partial charge on any atom is -0.420 e. The number of esters is 1. The molecule has 0 amide bonds. The summed E-state index contributed by atoms with van der Waals surface area (Å²) in [5.41, 5.74) is 3.85. The summed E-state index contributed by atoms with van der Waals surface area (Å²) in [4.78, 5) is 21.4. The molecule has 2 aromatic carbocycles. The van der Waals surface area contributed by atoms with E-state index in [0.717, 1.165) is 61.0 Å². The van der Waals surface area contributed by atoms with E-state index in [4.69, 9.17) is 4.74 Å². The van der Waals surface area contributed by atoms with Gasteiger partial charge in [0.25, 0.3) is 0 Å². The van der Waals surface area contributed by atoms with Gasteiger partial charge in [-0.3, -0.25) is 9.97 Å². The first kappa shape index (κ1) is 23.6. The maximum atomic E-state index is 14.4. The van der Waals surface area contributed by atoms with Gasteiger partial charge >= 0.3 is 5.97 Å². The quantitative estimate of drug-likeness (QED) is 0.186. The van der Waals surface area contributed by atoms with Crippen LogP contribution >= 0.6 is 0 Å². The number of rotatable bonds is 11. The summed E-state index contributed by atoms with van der Waals surface area (Å²) in [5, 5.41) is 0. The van der Waals surface area contributed by atoms with Crippen LogP contribution in [0.3, 0.4) is 0 Å². The second-order valence-electron chi connectivity index (χ2n) is 8.04. The Hall–Kier alpha value is -3.08. The van der Waals surface area contributed by atoms with Crippen LogP contribution in [0.2, 0.25) is 0 Å². The number of halogens is 1. The van der Waals surface area contributed by atoms with Crippen molar-refractivity contribution in [1.82, 2.24) is 9.97 Å². The number of nitrogens with zero attached hydrogens (tertiary/aromatic N) is 2. The Kier molecular flexibility index (Phi) is 8.90. The van der Waals surface area contributed by atoms with E-state index in [2.05, 4.69) is 23.8 Å². The number of carbonyl (C=O) groups is 1. The van der Waals surface area contributed by atoms with E-state index in [9.17, 15) is 9.18 Å². The lowest BCUT2D eigenvalue weighted by atomic mass is 10.1. The molecular formula is C27H31FN2O2. The van der Waals surface area contributed by atoms with E-state index >= 15 is 0 Å². The molecule has 0 N–H and O–H groups in total. The third-order valence-corrected chi connectivity index (χ3v) is 5.43. The van der Waals surface area contributed by atoms with Crippen LogP contribution in [-0.4, -0.2) is 15.9 Å². The zero-order valence-electron chi connectivity index (χ0n) is 18.9. The molecule has 0 saturated heterocycles. The predicted molar refractivity (Wildman–Crippen MR) is 125 cm³/mol. The number of aromatic nitrogens is 2. The molecule has 32 heavy (non-hydrogen) atoms. The highest BCUT2D eigenvalue weighted by molar-refractivity contribution is 5.91. The first-order valence-corrected chi connectivity index (χ1v) is 11.5. The van der Waals surface area contributed by atoms with Gasteiger partial charge in [0.05, 0.1) is 23.1 Å². The Morgan fingerprint density at radius 2 is 1.66 bits per heavy atom. The molecule has 0 bridgehead atoms. The number of aryl methyl sites for hydroxylation is 2. The normalized spacial score (nSPS) is 10.8. The Morgan fingerprint density at radius 1 is 0.875 bits per heavy atom. The van der Waals surface area contributed by atoms with E-state index in [1.165, 1.54) is 25.0 Å². The van der Waals surface area contributed by atoms with Crippen LogP contribution in [0.1, 0.15) is 74.0 Å². The lowest BCUT2D eigenvalue weighted by Gasteiger charge is -2.08. The van der Waals surface area contributed by atoms with E-state index in [1.807, 2.05) is 6.07 Å². The summed E-state index contributed by atoms with van der Waals surface area (Å²) in [6.45, 7) is 4.31. The summed E-state index contributed by atoms with van der Waals surface area (Å²) in [7, 11) is 0. The third kappa shape index (κ3) is 6.71. The number of ether oxygens (including phenoxy) is 1. The van der Waals surface area contributed by atoms with Gasteiger partial charge in [-0.1, -0.05) is 57.7 Å². The van der Waals surface area contributed by atoms with Crippen molar-refractivity contribution in [2.75, 3.05) is 0 Å². The Labute approximate surface area is 189 Å². The summed E-state index contributed by atoms with van der Waals surface area (Å²) in [6.07, 6.45) is 12.0. The van der Waals surface area contributed by atoms with Gasteiger partial charge in [0.15, 0.2) is 11.6 Å². The molecule has 4 nitrogen and oxygen atoms in total. The van der Waals surface area contributed by atoms with E-state index in [1.54, 1.807) is 36.7 Å². The van der Waals surface area contributed by atoms with Crippen molar-refractivity contribution >= 4 is 5.97 Å². The fourth-order valence-electron chi connectivity index (χ4n) is 3.47. The molecule has 3 aromatic rings. The van der Waals surface area contributed by atoms with Crippen LogP contribution in [0.4, 0.5) is 4.39 Å². The molecular weight excluding hydrogens is 403 g/mol. The maximum absolute atomic E-state index is 14.4. The summed E-state index contributed by atoms with van der Waals surface area (Å²) in [5.74, 6) is -1.15. The zero-order valence-corrected chi connectivity index (χ0v) is 18.9. The minimum atomic E-state index is -0.591. The van der Waals surface area contributed by atoms with Gasteiger partial charge < -0.3 is 4.74 Å². The molecule has 1 aromatic heterocycles. The topological polar surface area (TPSA) is 52.1 Å². The van der Waals surface area contributed by atoms with Crippen LogP contribution < -0.4 is 4.74 Å². The molecule has 0 radical (unpaired) electrons. The second kappa shape index (κ2) is 12.1. The summed E-state index contributed by atoms with van der Waals surface area (Å²) in [6, 6.07) is 11.7. The smallest absolute Gasteiger partial charge is 0.343 e. The molecule has 0 aliphatic rings. The predicted octanol–water partition coefficient (Wildman–Crippen LogP) is 6.97. The van der Waals surface area contributed by atoms with E-state index in [0.29, 0.717) is 5.56 Å². The third-order valence-electron chi connectivity index (χ3n) is 5.43. The standard InChI is InChI=1S/C27H31FN2O2/c1-3-5-7-8-9-20-11-16-26(24(28)17-20)32-27(31)22-14-12-21(13-15-22)25-19-29-23(18-30-25)10-6-4-2/h11-19H,3-10H2,1-2H3. The average Bonchev–Trinajstić information content (AvgIpc) is 2.82. The molecule has 0 aliphatic carbocycles. The van der Waals surface area contributed by atoms with Crippen molar-refractivity contribution in [3.8, 4) is 17.0 Å². The van der Waals surface area contributed by atoms with Crippen LogP contribution in [0, 0.1) is 5.82 Å². The van der Waals surface area contributed by atoms with Crippen molar-refractivity contribution in [1.29, 1.82) is 0 Å². The lowest BCUT2D eigenvalue weighted by molar-refractivity contribution is 0.0728. The molecule has 0 saturated carbocycles. The highest BCUT2D eigenvalue weighted by Crippen LogP contribution is 2.22. The van der Waals surface area contributed by atoms with Crippen molar-refractivity contribution in [2.45, 2.75) is 65.2 Å². The molecule has 0 unspecified atom stereocenters. The van der Waals surface area contributed by atoms with Crippen molar-refractivity contribution in [3.05, 3.63) is 77.5 Å². The van der Waals surface area contributed by atoms with Gasteiger partial charge in [0.2, 0.25) is 0 Å². The van der Waals surface area contributed by atoms with Crippen molar-refractivity contribution in [3.63, 3.8) is 0 Å². The monoisotopic (exact) mass is 434 g/mol. The van der Waals surface area contributed by atoms with Crippen molar-refractivity contribution in [2.24, 2.45) is 0 Å². The number of unbranched alkanes of at least 4 members (excludes halogenated alkanes) is 4.